The molecule has 196 valence electrons. The number of H-pyrrole nitrogens is 1. The van der Waals surface area contributed by atoms with Crippen molar-refractivity contribution in [3.8, 4) is 17.2 Å². The Labute approximate surface area is 229 Å². The van der Waals surface area contributed by atoms with Crippen LogP contribution in [-0.4, -0.2) is 47.7 Å². The van der Waals surface area contributed by atoms with Gasteiger partial charge in [-0.1, -0.05) is 41.7 Å². The molecule has 37 heavy (non-hydrogen) atoms. The molecule has 0 spiro atoms. The van der Waals surface area contributed by atoms with Gasteiger partial charge in [-0.15, -0.1) is 5.10 Å². The largest absolute Gasteiger partial charge is 0.506 e. The summed E-state index contributed by atoms with van der Waals surface area (Å²) in [5, 5.41) is 20.4. The monoisotopic (exact) mass is 585 g/mol. The number of carbonyl (C=O) groups is 1. The van der Waals surface area contributed by atoms with E-state index in [9.17, 15) is 14.1 Å². The molecule has 3 unspecified atom stereocenters. The van der Waals surface area contributed by atoms with Crippen LogP contribution in [0.1, 0.15) is 31.3 Å². The molecule has 3 atom stereocenters. The maximum atomic E-state index is 12.6. The molecule has 0 aliphatic rings. The molecule has 14 heteroatoms. The first-order valence-corrected chi connectivity index (χ1v) is 13.2. The normalized spacial score (nSPS) is 13.8. The van der Waals surface area contributed by atoms with Crippen LogP contribution in [0, 0.1) is 6.92 Å². The first-order valence-electron chi connectivity index (χ1n) is 11.0. The SMILES string of the molecule is Cc1[nH]n2nc(C(C)CNC(=O)C(C)Oc3ccc(S(=O)Oc4ccc(O)c(Cl)c4)cc3Cl)nc2c1Cl. The van der Waals surface area contributed by atoms with Crippen molar-refractivity contribution >= 4 is 57.4 Å². The number of nitrogens with zero attached hydrogens (tertiary/aromatic N) is 3. The highest BCUT2D eigenvalue weighted by Crippen LogP contribution is 2.31. The van der Waals surface area contributed by atoms with Crippen LogP contribution < -0.4 is 14.2 Å². The summed E-state index contributed by atoms with van der Waals surface area (Å²) in [7, 11) is 0. The third-order valence-electron chi connectivity index (χ3n) is 5.31. The van der Waals surface area contributed by atoms with Gasteiger partial charge in [0.05, 0.1) is 20.6 Å². The second-order valence-corrected chi connectivity index (χ2v) is 10.5. The summed E-state index contributed by atoms with van der Waals surface area (Å²) >= 11 is 16.4. The van der Waals surface area contributed by atoms with Gasteiger partial charge < -0.3 is 19.3 Å². The lowest BCUT2D eigenvalue weighted by molar-refractivity contribution is -0.127. The molecule has 10 nitrogen and oxygen atoms in total. The van der Waals surface area contributed by atoms with E-state index in [-0.39, 0.29) is 50.6 Å². The van der Waals surface area contributed by atoms with Crippen LogP contribution in [0.5, 0.6) is 17.2 Å². The summed E-state index contributed by atoms with van der Waals surface area (Å²) in [5.41, 5.74) is 1.29. The maximum Gasteiger partial charge on any atom is 0.260 e. The van der Waals surface area contributed by atoms with E-state index in [1.807, 2.05) is 13.8 Å². The van der Waals surface area contributed by atoms with Gasteiger partial charge in [0.1, 0.15) is 22.3 Å². The number of carbonyl (C=O) groups excluding carboxylic acids is 1. The summed E-state index contributed by atoms with van der Waals surface area (Å²) in [6, 6.07) is 8.52. The average molecular weight is 587 g/mol. The number of hydrogen-bond donors (Lipinski definition) is 3. The third-order valence-corrected chi connectivity index (χ3v) is 7.34. The number of hydrogen-bond acceptors (Lipinski definition) is 7. The number of phenolic OH excluding ortho intramolecular Hbond substituents is 1. The summed E-state index contributed by atoms with van der Waals surface area (Å²) < 4.78 is 25.1. The molecule has 2 heterocycles. The minimum Gasteiger partial charge on any atom is -0.506 e. The summed E-state index contributed by atoms with van der Waals surface area (Å²) in [6.45, 7) is 5.57. The number of phenols is 1. The minimum absolute atomic E-state index is 0.0661. The summed E-state index contributed by atoms with van der Waals surface area (Å²) in [6.07, 6.45) is -0.863. The second kappa shape index (κ2) is 11.2. The molecule has 1 amide bonds. The van der Waals surface area contributed by atoms with E-state index in [1.165, 1.54) is 41.0 Å². The molecule has 4 rings (SSSR count). The molecule has 0 bridgehead atoms. The van der Waals surface area contributed by atoms with Crippen LogP contribution in [0.4, 0.5) is 0 Å². The van der Waals surface area contributed by atoms with Gasteiger partial charge in [0.25, 0.3) is 5.91 Å². The van der Waals surface area contributed by atoms with Crippen LogP contribution in [0.3, 0.4) is 0 Å². The fourth-order valence-electron chi connectivity index (χ4n) is 3.22. The first-order chi connectivity index (χ1) is 17.5. The zero-order valence-corrected chi connectivity index (χ0v) is 22.9. The Morgan fingerprint density at radius 3 is 2.62 bits per heavy atom. The Kier molecular flexibility index (Phi) is 8.17. The van der Waals surface area contributed by atoms with Crippen molar-refractivity contribution in [3.05, 3.63) is 63.0 Å². The summed E-state index contributed by atoms with van der Waals surface area (Å²) in [4.78, 5) is 17.3. The Balaban J connectivity index is 1.32. The van der Waals surface area contributed by atoms with Crippen molar-refractivity contribution in [2.45, 2.75) is 37.7 Å². The molecule has 0 saturated heterocycles. The van der Waals surface area contributed by atoms with Crippen LogP contribution in [-0.2, 0) is 15.9 Å². The number of aromatic nitrogens is 4. The van der Waals surface area contributed by atoms with Gasteiger partial charge in [-0.25, -0.2) is 9.19 Å². The number of halogens is 3. The van der Waals surface area contributed by atoms with Gasteiger partial charge in [0.2, 0.25) is 11.1 Å². The Morgan fingerprint density at radius 2 is 1.95 bits per heavy atom. The number of rotatable bonds is 9. The number of aryl methyl sites for hydroxylation is 1. The fraction of sp³-hybridized carbons (Fsp3) is 0.261. The van der Waals surface area contributed by atoms with E-state index in [4.69, 9.17) is 43.7 Å². The molecule has 0 aliphatic carbocycles. The van der Waals surface area contributed by atoms with Crippen LogP contribution >= 0.6 is 34.8 Å². The van der Waals surface area contributed by atoms with Crippen molar-refractivity contribution in [2.75, 3.05) is 6.54 Å². The molecule has 3 N–H and O–H groups in total. The number of aromatic hydroxyl groups is 1. The van der Waals surface area contributed by atoms with Crippen molar-refractivity contribution in [3.63, 3.8) is 0 Å². The third kappa shape index (κ3) is 6.12. The minimum atomic E-state index is -1.91. The highest BCUT2D eigenvalue weighted by molar-refractivity contribution is 7.80. The lowest BCUT2D eigenvalue weighted by Crippen LogP contribution is -2.38. The van der Waals surface area contributed by atoms with Crippen LogP contribution in [0.2, 0.25) is 15.1 Å². The van der Waals surface area contributed by atoms with E-state index in [1.54, 1.807) is 6.92 Å². The molecule has 2 aromatic heterocycles. The first kappa shape index (κ1) is 27.1. The highest BCUT2D eigenvalue weighted by atomic mass is 35.5. The highest BCUT2D eigenvalue weighted by Gasteiger charge is 2.21. The second-order valence-electron chi connectivity index (χ2n) is 8.19. The number of nitrogens with one attached hydrogen (secondary N) is 2. The van der Waals surface area contributed by atoms with E-state index in [0.29, 0.717) is 16.5 Å². The molecule has 4 aromatic rings. The smallest absolute Gasteiger partial charge is 0.260 e. The number of aromatic amines is 1. The van der Waals surface area contributed by atoms with Gasteiger partial charge in [-0.05, 0) is 44.2 Å². The quantitative estimate of drug-likeness (QED) is 0.256. The van der Waals surface area contributed by atoms with E-state index in [2.05, 4.69) is 20.5 Å². The molecule has 0 aliphatic heterocycles. The number of ether oxygens (including phenoxy) is 1. The average Bonchev–Trinajstić information content (AvgIpc) is 3.39. The lowest BCUT2D eigenvalue weighted by Gasteiger charge is -2.17. The standard InChI is InChI=1S/C23H22Cl3N5O5S/c1-11(21-28-22-20(26)12(2)29-31(22)30-21)10-27-23(33)13(3)35-19-7-5-15(9-17(19)25)37(34)36-14-4-6-18(32)16(24)8-14/h4-9,11,13,29,32H,10H2,1-3H3,(H,27,33). The van der Waals surface area contributed by atoms with E-state index in [0.717, 1.165) is 5.69 Å². The van der Waals surface area contributed by atoms with Gasteiger partial charge in [-0.3, -0.25) is 9.89 Å². The summed E-state index contributed by atoms with van der Waals surface area (Å²) in [5.74, 6) is 0.321. The van der Waals surface area contributed by atoms with Crippen molar-refractivity contribution in [1.29, 1.82) is 0 Å². The molecule has 0 saturated carbocycles. The van der Waals surface area contributed by atoms with Crippen LogP contribution in [0.15, 0.2) is 41.3 Å². The van der Waals surface area contributed by atoms with Crippen molar-refractivity contribution in [2.24, 2.45) is 0 Å². The lowest BCUT2D eigenvalue weighted by atomic mass is 10.1. The number of fused-ring (bicyclic) bond motifs is 1. The number of benzene rings is 2. The Hall–Kier alpha value is -2.99. The molecule has 0 fully saturated rings. The van der Waals surface area contributed by atoms with Gasteiger partial charge in [0, 0.05) is 18.5 Å². The molecular formula is C23H22Cl3N5O5S. The molecular weight excluding hydrogens is 565 g/mol. The molecule has 2 aromatic carbocycles. The Morgan fingerprint density at radius 1 is 1.19 bits per heavy atom. The van der Waals surface area contributed by atoms with Crippen molar-refractivity contribution in [1.82, 2.24) is 25.1 Å². The van der Waals surface area contributed by atoms with Crippen molar-refractivity contribution < 1.29 is 23.0 Å². The molecule has 0 radical (unpaired) electrons. The number of amides is 1. The predicted molar refractivity (Wildman–Crippen MR) is 140 cm³/mol. The van der Waals surface area contributed by atoms with E-state index < -0.39 is 17.2 Å². The van der Waals surface area contributed by atoms with Gasteiger partial charge in [0.15, 0.2) is 17.6 Å². The zero-order chi connectivity index (χ0) is 26.9. The van der Waals surface area contributed by atoms with Crippen LogP contribution in [0.25, 0.3) is 5.65 Å². The maximum absolute atomic E-state index is 12.6. The fourth-order valence-corrected chi connectivity index (χ4v) is 4.61. The zero-order valence-electron chi connectivity index (χ0n) is 19.8. The Bertz CT molecular complexity index is 1490. The topological polar surface area (TPSA) is 131 Å². The van der Waals surface area contributed by atoms with E-state index >= 15 is 0 Å². The predicted octanol–water partition coefficient (Wildman–Crippen LogP) is 4.82. The van der Waals surface area contributed by atoms with Gasteiger partial charge >= 0.3 is 0 Å². The van der Waals surface area contributed by atoms with Gasteiger partial charge in [-0.2, -0.15) is 4.63 Å².